The third-order valence-corrected chi connectivity index (χ3v) is 3.80. The quantitative estimate of drug-likeness (QED) is 0.512. The van der Waals surface area contributed by atoms with Crippen LogP contribution in [0.3, 0.4) is 0 Å². The van der Waals surface area contributed by atoms with E-state index in [1.54, 1.807) is 4.90 Å². The van der Waals surface area contributed by atoms with Crippen molar-refractivity contribution in [3.8, 4) is 0 Å². The Morgan fingerprint density at radius 1 is 1.24 bits per heavy atom. The van der Waals surface area contributed by atoms with Crippen LogP contribution in [0.2, 0.25) is 0 Å². The van der Waals surface area contributed by atoms with Crippen molar-refractivity contribution in [3.05, 3.63) is 47.5 Å². The number of allylic oxidation sites excluding steroid dienone is 1. The number of amides is 1. The topological polar surface area (TPSA) is 20.3 Å². The first-order chi connectivity index (χ1) is 9.86. The molecule has 1 rings (SSSR count). The summed E-state index contributed by atoms with van der Waals surface area (Å²) in [6, 6.07) is 9.86. The normalized spacial score (nSPS) is 11.1. The summed E-state index contributed by atoms with van der Waals surface area (Å²) >= 11 is 12.4. The van der Waals surface area contributed by atoms with Gasteiger partial charge in [-0.05, 0) is 25.8 Å². The summed E-state index contributed by atoms with van der Waals surface area (Å²) in [5.41, 5.74) is 2.22. The van der Waals surface area contributed by atoms with Crippen molar-refractivity contribution in [2.24, 2.45) is 0 Å². The van der Waals surface area contributed by atoms with Crippen molar-refractivity contribution in [3.63, 3.8) is 0 Å². The molecule has 0 atom stereocenters. The van der Waals surface area contributed by atoms with Crippen LogP contribution in [0.15, 0.2) is 42.0 Å². The summed E-state index contributed by atoms with van der Waals surface area (Å²) in [5, 5.41) is 0. The van der Waals surface area contributed by atoms with Crippen molar-refractivity contribution in [2.75, 3.05) is 6.54 Å². The van der Waals surface area contributed by atoms with Crippen LogP contribution in [0.5, 0.6) is 0 Å². The summed E-state index contributed by atoms with van der Waals surface area (Å²) in [6.07, 6.45) is 3.23. The Morgan fingerprint density at radius 2 is 1.86 bits per heavy atom. The van der Waals surface area contributed by atoms with Crippen molar-refractivity contribution in [1.29, 1.82) is 0 Å². The monoisotopic (exact) mass is 327 g/mol. The first-order valence-electron chi connectivity index (χ1n) is 7.21. The minimum absolute atomic E-state index is 0.228. The van der Waals surface area contributed by atoms with Crippen LogP contribution < -0.4 is 0 Å². The number of hydrogen-bond donors (Lipinski definition) is 0. The molecule has 0 N–H and O–H groups in total. The van der Waals surface area contributed by atoms with Gasteiger partial charge in [0.05, 0.1) is 0 Å². The van der Waals surface area contributed by atoms with E-state index in [-0.39, 0.29) is 5.91 Å². The summed E-state index contributed by atoms with van der Waals surface area (Å²) in [6.45, 7) is 7.00. The van der Waals surface area contributed by atoms with E-state index in [1.807, 2.05) is 57.2 Å². The third-order valence-electron chi connectivity index (χ3n) is 3.10. The molecule has 1 aromatic rings. The van der Waals surface area contributed by atoms with Gasteiger partial charge in [-0.25, -0.2) is 0 Å². The zero-order chi connectivity index (χ0) is 15.9. The van der Waals surface area contributed by atoms with Gasteiger partial charge in [-0.15, -0.1) is 0 Å². The number of nitrogens with zero attached hydrogens (tertiary/aromatic N) is 1. The number of halogens is 2. The predicted molar refractivity (Wildman–Crippen MR) is 90.6 cm³/mol. The van der Waals surface area contributed by atoms with Crippen LogP contribution in [-0.2, 0) is 11.3 Å². The van der Waals surface area contributed by atoms with Crippen LogP contribution in [0.25, 0.3) is 0 Å². The molecule has 0 fully saturated rings. The Kier molecular flexibility index (Phi) is 7.27. The number of rotatable bonds is 7. The van der Waals surface area contributed by atoms with E-state index >= 15 is 0 Å². The lowest BCUT2D eigenvalue weighted by atomic mass is 10.1. The molecular formula is C17H23Cl2NO. The van der Waals surface area contributed by atoms with E-state index in [9.17, 15) is 4.79 Å². The van der Waals surface area contributed by atoms with Gasteiger partial charge in [0.15, 0.2) is 4.33 Å². The van der Waals surface area contributed by atoms with Crippen molar-refractivity contribution >= 4 is 29.1 Å². The first-order valence-corrected chi connectivity index (χ1v) is 7.97. The van der Waals surface area contributed by atoms with Gasteiger partial charge >= 0.3 is 0 Å². The highest BCUT2D eigenvalue weighted by molar-refractivity contribution is 6.58. The Morgan fingerprint density at radius 3 is 2.38 bits per heavy atom. The van der Waals surface area contributed by atoms with Crippen molar-refractivity contribution in [2.45, 2.75) is 44.5 Å². The van der Waals surface area contributed by atoms with Crippen molar-refractivity contribution in [1.82, 2.24) is 4.90 Å². The molecule has 0 heterocycles. The molecule has 0 aliphatic heterocycles. The molecule has 0 aliphatic carbocycles. The molecule has 0 saturated heterocycles. The fraction of sp³-hybridized carbons (Fsp3) is 0.471. The third kappa shape index (κ3) is 6.11. The van der Waals surface area contributed by atoms with Crippen LogP contribution in [0.4, 0.5) is 0 Å². The maximum atomic E-state index is 12.6. The molecule has 1 amide bonds. The van der Waals surface area contributed by atoms with Gasteiger partial charge in [0.1, 0.15) is 0 Å². The summed E-state index contributed by atoms with van der Waals surface area (Å²) < 4.78 is -1.35. The molecule has 0 spiro atoms. The fourth-order valence-corrected chi connectivity index (χ4v) is 2.59. The van der Waals surface area contributed by atoms with Crippen molar-refractivity contribution < 1.29 is 4.79 Å². The Balaban J connectivity index is 2.91. The van der Waals surface area contributed by atoms with E-state index in [4.69, 9.17) is 23.2 Å². The number of carbonyl (C=O) groups excluding carboxylic acids is 1. The highest BCUT2D eigenvalue weighted by Crippen LogP contribution is 2.30. The van der Waals surface area contributed by atoms with Gasteiger partial charge in [-0.1, -0.05) is 78.5 Å². The summed E-state index contributed by atoms with van der Waals surface area (Å²) in [4.78, 5) is 14.3. The van der Waals surface area contributed by atoms with Gasteiger partial charge in [0.25, 0.3) is 5.91 Å². The smallest absolute Gasteiger partial charge is 0.259 e. The van der Waals surface area contributed by atoms with Gasteiger partial charge in [-0.2, -0.15) is 0 Å². The number of alkyl halides is 2. The van der Waals surface area contributed by atoms with E-state index in [2.05, 4.69) is 0 Å². The molecule has 21 heavy (non-hydrogen) atoms. The number of hydrogen-bond acceptors (Lipinski definition) is 1. The standard InChI is InChI=1S/C17H23Cl2NO/c1-4-11-17(18,19)16(21)20(12-10-14(2)3)13-15-8-6-5-7-9-15/h5-10H,4,11-13H2,1-3H3. The minimum Gasteiger partial charge on any atom is -0.332 e. The maximum Gasteiger partial charge on any atom is 0.259 e. The molecule has 0 aromatic heterocycles. The number of benzene rings is 1. The SMILES string of the molecule is CCCC(Cl)(Cl)C(=O)N(CC=C(C)C)Cc1ccccc1. The fourth-order valence-electron chi connectivity index (χ4n) is 1.97. The minimum atomic E-state index is -1.35. The van der Waals surface area contributed by atoms with Gasteiger partial charge in [-0.3, -0.25) is 4.79 Å². The zero-order valence-corrected chi connectivity index (χ0v) is 14.4. The molecule has 4 heteroatoms. The highest BCUT2D eigenvalue weighted by atomic mass is 35.5. The lowest BCUT2D eigenvalue weighted by Crippen LogP contribution is -2.42. The second kappa shape index (κ2) is 8.45. The average Bonchev–Trinajstić information content (AvgIpc) is 2.43. The average molecular weight is 328 g/mol. The Labute approximate surface area is 137 Å². The lowest BCUT2D eigenvalue weighted by molar-refractivity contribution is -0.132. The molecule has 116 valence electrons. The van der Waals surface area contributed by atoms with E-state index < -0.39 is 4.33 Å². The lowest BCUT2D eigenvalue weighted by Gasteiger charge is -2.28. The van der Waals surface area contributed by atoms with Crippen LogP contribution in [-0.4, -0.2) is 21.7 Å². The molecule has 0 unspecified atom stereocenters. The van der Waals surface area contributed by atoms with E-state index in [1.165, 1.54) is 0 Å². The molecule has 2 nitrogen and oxygen atoms in total. The summed E-state index contributed by atoms with van der Waals surface area (Å²) in [7, 11) is 0. The first kappa shape index (κ1) is 18.1. The second-order valence-corrected chi connectivity index (χ2v) is 6.89. The molecule has 0 saturated carbocycles. The van der Waals surface area contributed by atoms with Crippen LogP contribution >= 0.6 is 23.2 Å². The van der Waals surface area contributed by atoms with E-state index in [0.29, 0.717) is 19.5 Å². The zero-order valence-electron chi connectivity index (χ0n) is 12.9. The van der Waals surface area contributed by atoms with E-state index in [0.717, 1.165) is 17.6 Å². The molecule has 0 radical (unpaired) electrons. The predicted octanol–water partition coefficient (Wildman–Crippen LogP) is 4.96. The Hall–Kier alpha value is -0.990. The molecular weight excluding hydrogens is 305 g/mol. The number of carbonyl (C=O) groups is 1. The molecule has 0 bridgehead atoms. The molecule has 0 aliphatic rings. The maximum absolute atomic E-state index is 12.6. The highest BCUT2D eigenvalue weighted by Gasteiger charge is 2.36. The summed E-state index contributed by atoms with van der Waals surface area (Å²) in [5.74, 6) is -0.228. The van der Waals surface area contributed by atoms with Gasteiger partial charge < -0.3 is 4.90 Å². The Bertz CT molecular complexity index is 479. The van der Waals surface area contributed by atoms with Gasteiger partial charge in [0.2, 0.25) is 0 Å². The van der Waals surface area contributed by atoms with Crippen LogP contribution in [0.1, 0.15) is 39.2 Å². The van der Waals surface area contributed by atoms with Crippen LogP contribution in [0, 0.1) is 0 Å². The molecule has 1 aromatic carbocycles. The second-order valence-electron chi connectivity index (χ2n) is 5.41. The van der Waals surface area contributed by atoms with Gasteiger partial charge in [0, 0.05) is 13.1 Å². The largest absolute Gasteiger partial charge is 0.332 e.